The Balaban J connectivity index is 1.57. The Hall–Kier alpha value is -2.88. The van der Waals surface area contributed by atoms with Crippen LogP contribution in [0.2, 0.25) is 0 Å². The summed E-state index contributed by atoms with van der Waals surface area (Å²) in [7, 11) is 1.96. The minimum Gasteiger partial charge on any atom is -0.396 e. The molecule has 9 heteroatoms. The van der Waals surface area contributed by atoms with Gasteiger partial charge in [-0.1, -0.05) is 0 Å². The molecule has 0 aromatic carbocycles. The van der Waals surface area contributed by atoms with E-state index in [1.165, 1.54) is 11.3 Å². The van der Waals surface area contributed by atoms with Crippen LogP contribution in [-0.4, -0.2) is 50.1 Å². The number of anilines is 1. The molecule has 1 saturated heterocycles. The van der Waals surface area contributed by atoms with Crippen molar-refractivity contribution in [2.75, 3.05) is 19.0 Å². The molecule has 8 nitrogen and oxygen atoms in total. The van der Waals surface area contributed by atoms with Crippen LogP contribution in [0.3, 0.4) is 0 Å². The number of nitrogens with zero attached hydrogens (tertiary/aromatic N) is 4. The van der Waals surface area contributed by atoms with Gasteiger partial charge < -0.3 is 15.0 Å². The summed E-state index contributed by atoms with van der Waals surface area (Å²) in [4.78, 5) is 36.8. The molecular weight excluding hydrogens is 402 g/mol. The summed E-state index contributed by atoms with van der Waals surface area (Å²) in [5.74, 6) is -0.931. The molecule has 2 bridgehead atoms. The van der Waals surface area contributed by atoms with Crippen LogP contribution < -0.4 is 10.9 Å². The minimum absolute atomic E-state index is 0.0838. The fourth-order valence-corrected chi connectivity index (χ4v) is 5.45. The van der Waals surface area contributed by atoms with E-state index in [2.05, 4.69) is 20.2 Å². The molecule has 0 saturated carbocycles. The number of nitrogens with one attached hydrogen (secondary N) is 1. The van der Waals surface area contributed by atoms with E-state index in [-0.39, 0.29) is 36.1 Å². The third kappa shape index (κ3) is 2.89. The number of pyridine rings is 2. The molecule has 3 aromatic heterocycles. The maximum absolute atomic E-state index is 13.3. The first-order valence-corrected chi connectivity index (χ1v) is 10.7. The number of aliphatic hydroxyl groups is 1. The number of fused-ring (bicyclic) bond motifs is 4. The second-order valence-corrected chi connectivity index (χ2v) is 8.59. The quantitative estimate of drug-likeness (QED) is 0.661. The monoisotopic (exact) mass is 423 g/mol. The Bertz CT molecular complexity index is 1130. The second kappa shape index (κ2) is 7.42. The van der Waals surface area contributed by atoms with E-state index in [0.29, 0.717) is 17.2 Å². The second-order valence-electron chi connectivity index (χ2n) is 7.70. The molecule has 2 aliphatic rings. The van der Waals surface area contributed by atoms with Gasteiger partial charge in [-0.25, -0.2) is 4.98 Å². The fourth-order valence-electron chi connectivity index (χ4n) is 4.92. The molecule has 5 heterocycles. The lowest BCUT2D eigenvalue weighted by molar-refractivity contribution is -0.122. The zero-order chi connectivity index (χ0) is 20.8. The summed E-state index contributed by atoms with van der Waals surface area (Å²) in [5, 5.41) is 15.4. The molecule has 30 heavy (non-hydrogen) atoms. The molecule has 5 rings (SSSR count). The van der Waals surface area contributed by atoms with Gasteiger partial charge in [0.05, 0.1) is 12.0 Å². The van der Waals surface area contributed by atoms with E-state index in [4.69, 9.17) is 0 Å². The molecule has 0 radical (unpaired) electrons. The number of carbonyl (C=O) groups excluding carboxylic acids is 1. The highest BCUT2D eigenvalue weighted by atomic mass is 32.1. The van der Waals surface area contributed by atoms with E-state index in [9.17, 15) is 14.7 Å². The number of carbonyl (C=O) groups is 1. The predicted molar refractivity (Wildman–Crippen MR) is 113 cm³/mol. The van der Waals surface area contributed by atoms with Gasteiger partial charge in [0.1, 0.15) is 0 Å². The molecule has 1 amide bonds. The van der Waals surface area contributed by atoms with Crippen LogP contribution in [0.15, 0.2) is 53.0 Å². The average Bonchev–Trinajstić information content (AvgIpc) is 3.32. The van der Waals surface area contributed by atoms with Crippen LogP contribution in [-0.2, 0) is 11.3 Å². The minimum atomic E-state index is -0.478. The van der Waals surface area contributed by atoms with Crippen molar-refractivity contribution in [1.82, 2.24) is 19.4 Å². The maximum Gasteiger partial charge on any atom is 0.258 e. The Morgan fingerprint density at radius 1 is 1.27 bits per heavy atom. The Labute approximate surface area is 176 Å². The highest BCUT2D eigenvalue weighted by Crippen LogP contribution is 2.47. The van der Waals surface area contributed by atoms with E-state index in [0.717, 1.165) is 11.3 Å². The van der Waals surface area contributed by atoms with Gasteiger partial charge in [0, 0.05) is 60.3 Å². The third-order valence-electron chi connectivity index (χ3n) is 6.31. The molecule has 0 aliphatic carbocycles. The molecule has 3 aromatic rings. The van der Waals surface area contributed by atoms with Gasteiger partial charge >= 0.3 is 0 Å². The van der Waals surface area contributed by atoms with Crippen LogP contribution in [0.5, 0.6) is 0 Å². The van der Waals surface area contributed by atoms with E-state index in [1.807, 2.05) is 31.3 Å². The number of aliphatic hydroxyl groups excluding tert-OH is 1. The number of aromatic nitrogens is 3. The highest BCUT2D eigenvalue weighted by molar-refractivity contribution is 7.13. The van der Waals surface area contributed by atoms with Crippen molar-refractivity contribution in [3.8, 4) is 11.1 Å². The number of hydrogen-bond acceptors (Lipinski definition) is 7. The summed E-state index contributed by atoms with van der Waals surface area (Å²) < 4.78 is 1.77. The summed E-state index contributed by atoms with van der Waals surface area (Å²) in [5.41, 5.74) is 2.13. The molecular formula is C21H21N5O3S. The SMILES string of the molecule is CN1[C@@H]2Cn3c(ccc(-c4ccncc4)c3=O)[C@H]1[C@@H](C(=O)Nc1nccs1)[C@@H]2CO. The van der Waals surface area contributed by atoms with Crippen LogP contribution in [0, 0.1) is 11.8 Å². The predicted octanol–water partition coefficient (Wildman–Crippen LogP) is 1.60. The van der Waals surface area contributed by atoms with E-state index in [1.54, 1.807) is 28.5 Å². The number of hydrogen-bond donors (Lipinski definition) is 2. The largest absolute Gasteiger partial charge is 0.396 e. The van der Waals surface area contributed by atoms with Crippen molar-refractivity contribution in [1.29, 1.82) is 0 Å². The summed E-state index contributed by atoms with van der Waals surface area (Å²) in [6.07, 6.45) is 4.96. The number of likely N-dealkylation sites (N-methyl/N-ethyl adjacent to an activating group) is 1. The molecule has 154 valence electrons. The Morgan fingerprint density at radius 2 is 2.07 bits per heavy atom. The molecule has 0 unspecified atom stereocenters. The lowest BCUT2D eigenvalue weighted by atomic mass is 9.86. The van der Waals surface area contributed by atoms with E-state index < -0.39 is 5.92 Å². The first kappa shape index (κ1) is 19.1. The summed E-state index contributed by atoms with van der Waals surface area (Å²) in [6, 6.07) is 6.98. The average molecular weight is 423 g/mol. The topological polar surface area (TPSA) is 100 Å². The zero-order valence-electron chi connectivity index (χ0n) is 16.3. The van der Waals surface area contributed by atoms with Gasteiger partial charge in [-0.2, -0.15) is 0 Å². The van der Waals surface area contributed by atoms with Gasteiger partial charge in [0.2, 0.25) is 5.91 Å². The first-order chi connectivity index (χ1) is 14.6. The van der Waals surface area contributed by atoms with Crippen molar-refractivity contribution in [3.63, 3.8) is 0 Å². The van der Waals surface area contributed by atoms with Gasteiger partial charge in [0.25, 0.3) is 5.56 Å². The first-order valence-electron chi connectivity index (χ1n) is 9.77. The molecule has 4 atom stereocenters. The van der Waals surface area contributed by atoms with Crippen LogP contribution in [0.4, 0.5) is 5.13 Å². The lowest BCUT2D eigenvalue weighted by Crippen LogP contribution is -2.44. The fraction of sp³-hybridized carbons (Fsp3) is 0.333. The van der Waals surface area contributed by atoms with E-state index >= 15 is 0 Å². The molecule has 0 spiro atoms. The van der Waals surface area contributed by atoms with Crippen LogP contribution in [0.25, 0.3) is 11.1 Å². The van der Waals surface area contributed by atoms with Gasteiger partial charge in [0.15, 0.2) is 5.13 Å². The zero-order valence-corrected chi connectivity index (χ0v) is 17.1. The normalized spacial score (nSPS) is 25.1. The van der Waals surface area contributed by atoms with Crippen molar-refractivity contribution in [2.24, 2.45) is 11.8 Å². The van der Waals surface area contributed by atoms with Crippen LogP contribution >= 0.6 is 11.3 Å². The van der Waals surface area contributed by atoms with Crippen molar-refractivity contribution in [2.45, 2.75) is 18.6 Å². The standard InChI is InChI=1S/C21H21N5O3S/c1-25-16-10-26-15(3-2-13(20(26)29)12-4-6-22-7-5-12)18(25)17(14(16)11-27)19(28)24-21-23-8-9-30-21/h2-9,14,16-18,27H,10-11H2,1H3,(H,23,24,28)/t14-,16-,17+,18+/m1/s1. The molecule has 1 fully saturated rings. The van der Waals surface area contributed by atoms with Crippen molar-refractivity contribution in [3.05, 3.63) is 64.3 Å². The summed E-state index contributed by atoms with van der Waals surface area (Å²) >= 11 is 1.35. The number of rotatable bonds is 4. The number of thiazole rings is 1. The Morgan fingerprint density at radius 3 is 2.77 bits per heavy atom. The van der Waals surface area contributed by atoms with Crippen molar-refractivity contribution < 1.29 is 9.90 Å². The van der Waals surface area contributed by atoms with Gasteiger partial charge in [-0.05, 0) is 36.9 Å². The highest BCUT2D eigenvalue weighted by Gasteiger charge is 2.54. The third-order valence-corrected chi connectivity index (χ3v) is 6.99. The maximum atomic E-state index is 13.3. The molecule has 2 N–H and O–H groups in total. The van der Waals surface area contributed by atoms with Gasteiger partial charge in [-0.3, -0.25) is 19.5 Å². The van der Waals surface area contributed by atoms with Crippen LogP contribution in [0.1, 0.15) is 11.7 Å². The lowest BCUT2D eigenvalue weighted by Gasteiger charge is -2.35. The van der Waals surface area contributed by atoms with Gasteiger partial charge in [-0.15, -0.1) is 11.3 Å². The summed E-state index contributed by atoms with van der Waals surface area (Å²) in [6.45, 7) is 0.313. The smallest absolute Gasteiger partial charge is 0.258 e. The van der Waals surface area contributed by atoms with Crippen molar-refractivity contribution >= 4 is 22.4 Å². The molecule has 2 aliphatic heterocycles. The Kier molecular flexibility index (Phi) is 4.73. The number of amides is 1.